The molecule has 1 aromatic rings. The smallest absolute Gasteiger partial charge is 0.228 e. The van der Waals surface area contributed by atoms with Crippen LogP contribution in [0.15, 0.2) is 36.0 Å². The highest BCUT2D eigenvalue weighted by molar-refractivity contribution is 14.1. The number of hydrogen-bond donors (Lipinski definition) is 0. The average Bonchev–Trinajstić information content (AvgIpc) is 3.05. The van der Waals surface area contributed by atoms with Crippen LogP contribution in [0.5, 0.6) is 0 Å². The number of Topliss-reactive ketones (excluding diaryl/α,β-unsaturated/α-hetero) is 1. The Labute approximate surface area is 160 Å². The standard InChI is InChI=1S/C19H19IN2O3/c1-12(23)22-14-6-3-2-5-13(14)19-11-17(25)21(10-4-9-20)16(19)8-7-15(24)18(19)22/h2-3,5-6,8,18H,4,7,9-11H2,1H3/t18-,19-/m0/s1. The molecule has 4 rings (SSSR count). The number of fused-ring (bicyclic) bond motifs is 1. The molecule has 2 atom stereocenters. The molecule has 2 aliphatic heterocycles. The number of alkyl halides is 1. The first-order chi connectivity index (χ1) is 12.0. The van der Waals surface area contributed by atoms with Gasteiger partial charge in [-0.1, -0.05) is 46.9 Å². The van der Waals surface area contributed by atoms with Crippen molar-refractivity contribution in [3.63, 3.8) is 0 Å². The number of carbonyl (C=O) groups excluding carboxylic acids is 3. The Morgan fingerprint density at radius 3 is 2.80 bits per heavy atom. The van der Waals surface area contributed by atoms with Crippen molar-refractivity contribution in [3.8, 4) is 0 Å². The summed E-state index contributed by atoms with van der Waals surface area (Å²) in [5, 5.41) is 0. The van der Waals surface area contributed by atoms with Crippen LogP contribution in [0.1, 0.15) is 31.7 Å². The SMILES string of the molecule is CC(=O)N1c2ccccc2[C@@]23CC(=O)N(CCCI)C2=CCC(=O)[C@H]13. The van der Waals surface area contributed by atoms with E-state index in [1.165, 1.54) is 6.92 Å². The summed E-state index contributed by atoms with van der Waals surface area (Å²) in [4.78, 5) is 41.5. The molecule has 2 heterocycles. The molecular formula is C19H19IN2O3. The van der Waals surface area contributed by atoms with Gasteiger partial charge in [-0.2, -0.15) is 0 Å². The Bertz CT molecular complexity index is 819. The summed E-state index contributed by atoms with van der Waals surface area (Å²) < 4.78 is 0.973. The normalized spacial score (nSPS) is 27.1. The van der Waals surface area contributed by atoms with E-state index in [0.29, 0.717) is 6.54 Å². The molecule has 130 valence electrons. The Balaban J connectivity index is 1.93. The van der Waals surface area contributed by atoms with E-state index in [1.807, 2.05) is 35.2 Å². The number of nitrogens with zero attached hydrogens (tertiary/aromatic N) is 2. The van der Waals surface area contributed by atoms with Gasteiger partial charge in [0.2, 0.25) is 11.8 Å². The van der Waals surface area contributed by atoms with Gasteiger partial charge >= 0.3 is 0 Å². The lowest BCUT2D eigenvalue weighted by Crippen LogP contribution is -2.53. The number of ketones is 1. The maximum absolute atomic E-state index is 12.9. The molecule has 0 bridgehead atoms. The van der Waals surface area contributed by atoms with Crippen LogP contribution in [0, 0.1) is 0 Å². The Kier molecular flexibility index (Phi) is 3.97. The zero-order valence-electron chi connectivity index (χ0n) is 14.0. The molecule has 0 N–H and O–H groups in total. The van der Waals surface area contributed by atoms with Gasteiger partial charge in [-0.3, -0.25) is 14.4 Å². The van der Waals surface area contributed by atoms with E-state index in [1.54, 1.807) is 4.90 Å². The lowest BCUT2D eigenvalue weighted by atomic mass is 9.68. The first-order valence-electron chi connectivity index (χ1n) is 8.51. The van der Waals surface area contributed by atoms with E-state index >= 15 is 0 Å². The highest BCUT2D eigenvalue weighted by Gasteiger charge is 2.64. The summed E-state index contributed by atoms with van der Waals surface area (Å²) in [5.41, 5.74) is 1.91. The van der Waals surface area contributed by atoms with Crippen molar-refractivity contribution in [2.75, 3.05) is 15.9 Å². The fourth-order valence-corrected chi connectivity index (χ4v) is 5.01. The van der Waals surface area contributed by atoms with E-state index < -0.39 is 11.5 Å². The molecular weight excluding hydrogens is 431 g/mol. The molecule has 1 saturated heterocycles. The van der Waals surface area contributed by atoms with Gasteiger partial charge in [-0.05, 0) is 18.1 Å². The highest BCUT2D eigenvalue weighted by Crippen LogP contribution is 2.57. The second kappa shape index (κ2) is 5.93. The summed E-state index contributed by atoms with van der Waals surface area (Å²) in [7, 11) is 0. The number of hydrogen-bond acceptors (Lipinski definition) is 3. The number of carbonyl (C=O) groups is 3. The molecule has 1 fully saturated rings. The fourth-order valence-electron chi connectivity index (χ4n) is 4.67. The largest absolute Gasteiger partial charge is 0.315 e. The van der Waals surface area contributed by atoms with E-state index in [-0.39, 0.29) is 30.4 Å². The van der Waals surface area contributed by atoms with Crippen molar-refractivity contribution in [2.45, 2.75) is 37.6 Å². The molecule has 0 radical (unpaired) electrons. The number of likely N-dealkylation sites (tertiary alicyclic amines) is 1. The first-order valence-corrected chi connectivity index (χ1v) is 10.0. The zero-order chi connectivity index (χ0) is 17.8. The monoisotopic (exact) mass is 450 g/mol. The van der Waals surface area contributed by atoms with Crippen LogP contribution in [0.4, 0.5) is 5.69 Å². The van der Waals surface area contributed by atoms with Crippen molar-refractivity contribution in [3.05, 3.63) is 41.6 Å². The van der Waals surface area contributed by atoms with Gasteiger partial charge in [0.15, 0.2) is 5.78 Å². The van der Waals surface area contributed by atoms with Gasteiger partial charge in [-0.15, -0.1) is 0 Å². The van der Waals surface area contributed by atoms with Crippen LogP contribution in [0.25, 0.3) is 0 Å². The van der Waals surface area contributed by atoms with Crippen molar-refractivity contribution in [1.29, 1.82) is 0 Å². The van der Waals surface area contributed by atoms with Crippen molar-refractivity contribution >= 4 is 45.9 Å². The maximum atomic E-state index is 12.9. The predicted octanol–water partition coefficient (Wildman–Crippen LogP) is 2.57. The summed E-state index contributed by atoms with van der Waals surface area (Å²) in [6.07, 6.45) is 3.36. The van der Waals surface area contributed by atoms with Crippen LogP contribution in [-0.2, 0) is 19.8 Å². The van der Waals surface area contributed by atoms with Gasteiger partial charge in [0.25, 0.3) is 0 Å². The molecule has 0 aromatic heterocycles. The molecule has 3 aliphatic rings. The van der Waals surface area contributed by atoms with E-state index in [0.717, 1.165) is 27.8 Å². The highest BCUT2D eigenvalue weighted by atomic mass is 127. The molecule has 6 heteroatoms. The van der Waals surface area contributed by atoms with Crippen molar-refractivity contribution in [1.82, 2.24) is 4.90 Å². The number of amides is 2. The Morgan fingerprint density at radius 1 is 1.32 bits per heavy atom. The average molecular weight is 450 g/mol. The molecule has 1 aromatic carbocycles. The minimum absolute atomic E-state index is 0.0127. The lowest BCUT2D eigenvalue weighted by molar-refractivity contribution is -0.127. The van der Waals surface area contributed by atoms with Crippen LogP contribution in [0.2, 0.25) is 0 Å². The predicted molar refractivity (Wildman–Crippen MR) is 103 cm³/mol. The summed E-state index contributed by atoms with van der Waals surface area (Å²) in [6.45, 7) is 2.16. The zero-order valence-corrected chi connectivity index (χ0v) is 16.2. The summed E-state index contributed by atoms with van der Waals surface area (Å²) in [5.74, 6) is -0.0863. The van der Waals surface area contributed by atoms with E-state index in [9.17, 15) is 14.4 Å². The molecule has 0 saturated carbocycles. The van der Waals surface area contributed by atoms with Crippen LogP contribution in [-0.4, -0.2) is 39.5 Å². The minimum Gasteiger partial charge on any atom is -0.315 e. The summed E-state index contributed by atoms with van der Waals surface area (Å²) in [6, 6.07) is 7.04. The summed E-state index contributed by atoms with van der Waals surface area (Å²) >= 11 is 2.31. The molecule has 1 spiro atoms. The molecule has 1 aliphatic carbocycles. The number of allylic oxidation sites excluding steroid dienone is 1. The van der Waals surface area contributed by atoms with Gasteiger partial charge in [-0.25, -0.2) is 0 Å². The molecule has 25 heavy (non-hydrogen) atoms. The number of benzene rings is 1. The van der Waals surface area contributed by atoms with Gasteiger partial charge in [0, 0.05) is 42.1 Å². The van der Waals surface area contributed by atoms with Crippen molar-refractivity contribution in [2.24, 2.45) is 0 Å². The van der Waals surface area contributed by atoms with Gasteiger partial charge < -0.3 is 9.80 Å². The molecule has 0 unspecified atom stereocenters. The topological polar surface area (TPSA) is 57.7 Å². The number of rotatable bonds is 3. The fraction of sp³-hybridized carbons (Fsp3) is 0.421. The second-order valence-corrected chi connectivity index (χ2v) is 7.88. The lowest BCUT2D eigenvalue weighted by Gasteiger charge is -2.38. The minimum atomic E-state index is -0.708. The second-order valence-electron chi connectivity index (χ2n) is 6.80. The maximum Gasteiger partial charge on any atom is 0.228 e. The van der Waals surface area contributed by atoms with Gasteiger partial charge in [0.05, 0.1) is 5.41 Å². The quantitative estimate of drug-likeness (QED) is 0.526. The molecule has 2 amide bonds. The third kappa shape index (κ3) is 2.16. The van der Waals surface area contributed by atoms with E-state index in [2.05, 4.69) is 22.6 Å². The van der Waals surface area contributed by atoms with Crippen LogP contribution >= 0.6 is 22.6 Å². The molecule has 5 nitrogen and oxygen atoms in total. The van der Waals surface area contributed by atoms with Crippen molar-refractivity contribution < 1.29 is 14.4 Å². The third-order valence-electron chi connectivity index (χ3n) is 5.50. The number of anilines is 1. The van der Waals surface area contributed by atoms with E-state index in [4.69, 9.17) is 0 Å². The van der Waals surface area contributed by atoms with Gasteiger partial charge in [0.1, 0.15) is 6.04 Å². The number of halogens is 1. The third-order valence-corrected chi connectivity index (χ3v) is 6.27. The van der Waals surface area contributed by atoms with Crippen LogP contribution < -0.4 is 4.90 Å². The Hall–Kier alpha value is -1.70. The first kappa shape index (κ1) is 16.8. The van der Waals surface area contributed by atoms with Crippen LogP contribution in [0.3, 0.4) is 0 Å². The number of para-hydroxylation sites is 1. The Morgan fingerprint density at radius 2 is 2.08 bits per heavy atom.